The molecule has 2 nitrogen and oxygen atoms in total. The van der Waals surface area contributed by atoms with Crippen LogP contribution in [-0.4, -0.2) is 31.6 Å². The smallest absolute Gasteiger partial charge is 0.137 e. The SMILES string of the molecule is COc1cc2c(cc1Cl)CC[C@@H]1[C@@H]2c2ccccc2CCN1C. The van der Waals surface area contributed by atoms with Crippen LogP contribution in [0.4, 0.5) is 0 Å². The van der Waals surface area contributed by atoms with E-state index >= 15 is 0 Å². The fourth-order valence-electron chi connectivity index (χ4n) is 4.33. The second-order valence-corrected chi connectivity index (χ2v) is 7.11. The van der Waals surface area contributed by atoms with Gasteiger partial charge in [0.2, 0.25) is 0 Å². The lowest BCUT2D eigenvalue weighted by Gasteiger charge is -2.38. The van der Waals surface area contributed by atoms with Crippen LogP contribution in [0.1, 0.15) is 34.6 Å². The van der Waals surface area contributed by atoms with Crippen molar-refractivity contribution >= 4 is 11.6 Å². The topological polar surface area (TPSA) is 12.5 Å². The molecule has 0 saturated carbocycles. The Morgan fingerprint density at radius 3 is 2.74 bits per heavy atom. The summed E-state index contributed by atoms with van der Waals surface area (Å²) in [5, 5.41) is 0.722. The molecule has 4 rings (SSSR count). The zero-order valence-corrected chi connectivity index (χ0v) is 14.4. The molecule has 1 aliphatic heterocycles. The van der Waals surface area contributed by atoms with Gasteiger partial charge in [-0.05, 0) is 60.7 Å². The summed E-state index contributed by atoms with van der Waals surface area (Å²) in [6.45, 7) is 1.12. The van der Waals surface area contributed by atoms with E-state index in [4.69, 9.17) is 16.3 Å². The lowest BCUT2D eigenvalue weighted by molar-refractivity contribution is 0.214. The van der Waals surface area contributed by atoms with Gasteiger partial charge < -0.3 is 9.64 Å². The first-order valence-corrected chi connectivity index (χ1v) is 8.71. The Morgan fingerprint density at radius 2 is 1.91 bits per heavy atom. The minimum atomic E-state index is 0.411. The number of halogens is 1. The third-order valence-corrected chi connectivity index (χ3v) is 5.83. The van der Waals surface area contributed by atoms with Crippen molar-refractivity contribution in [2.24, 2.45) is 0 Å². The standard InChI is InChI=1S/C20H22ClNO/c1-22-10-9-13-5-3-4-6-15(13)20-16-12-19(23-2)17(21)11-14(16)7-8-18(20)22/h3-6,11-12,18,20H,7-10H2,1-2H3/t18-,20-/m1/s1. The summed E-state index contributed by atoms with van der Waals surface area (Å²) in [7, 11) is 3.96. The lowest BCUT2D eigenvalue weighted by Crippen LogP contribution is -2.39. The quantitative estimate of drug-likeness (QED) is 0.775. The van der Waals surface area contributed by atoms with Crippen molar-refractivity contribution in [1.29, 1.82) is 0 Å². The van der Waals surface area contributed by atoms with Gasteiger partial charge >= 0.3 is 0 Å². The summed E-state index contributed by atoms with van der Waals surface area (Å²) >= 11 is 6.36. The van der Waals surface area contributed by atoms with Crippen LogP contribution >= 0.6 is 11.6 Å². The highest BCUT2D eigenvalue weighted by Crippen LogP contribution is 2.44. The molecule has 3 heteroatoms. The van der Waals surface area contributed by atoms with Crippen LogP contribution in [0.15, 0.2) is 36.4 Å². The van der Waals surface area contributed by atoms with Crippen molar-refractivity contribution in [1.82, 2.24) is 4.90 Å². The molecule has 0 fully saturated rings. The molecule has 0 radical (unpaired) electrons. The van der Waals surface area contributed by atoms with Gasteiger partial charge in [-0.3, -0.25) is 0 Å². The fraction of sp³-hybridized carbons (Fsp3) is 0.400. The van der Waals surface area contributed by atoms with Gasteiger partial charge in [-0.2, -0.15) is 0 Å². The van der Waals surface area contributed by atoms with Gasteiger partial charge in [0.15, 0.2) is 0 Å². The highest BCUT2D eigenvalue weighted by molar-refractivity contribution is 6.32. The summed E-state index contributed by atoms with van der Waals surface area (Å²) < 4.78 is 5.49. The van der Waals surface area contributed by atoms with E-state index in [0.717, 1.165) is 30.2 Å². The molecule has 2 atom stereocenters. The highest BCUT2D eigenvalue weighted by Gasteiger charge is 2.36. The molecule has 0 aromatic heterocycles. The number of fused-ring (bicyclic) bond motifs is 5. The van der Waals surface area contributed by atoms with Crippen molar-refractivity contribution < 1.29 is 4.74 Å². The summed E-state index contributed by atoms with van der Waals surface area (Å²) in [5.74, 6) is 1.20. The van der Waals surface area contributed by atoms with Gasteiger partial charge in [-0.25, -0.2) is 0 Å². The minimum Gasteiger partial charge on any atom is -0.495 e. The van der Waals surface area contributed by atoms with Gasteiger partial charge in [-0.1, -0.05) is 35.9 Å². The second kappa shape index (κ2) is 5.85. The van der Waals surface area contributed by atoms with Crippen molar-refractivity contribution in [3.8, 4) is 5.75 Å². The summed E-state index contributed by atoms with van der Waals surface area (Å²) in [5.41, 5.74) is 5.73. The molecule has 0 saturated heterocycles. The third-order valence-electron chi connectivity index (χ3n) is 5.53. The van der Waals surface area contributed by atoms with Crippen LogP contribution in [0.2, 0.25) is 5.02 Å². The number of ether oxygens (including phenoxy) is 1. The van der Waals surface area contributed by atoms with Crippen LogP contribution in [0, 0.1) is 0 Å². The molecule has 2 aliphatic rings. The van der Waals surface area contributed by atoms with E-state index < -0.39 is 0 Å². The maximum atomic E-state index is 6.36. The highest BCUT2D eigenvalue weighted by atomic mass is 35.5. The van der Waals surface area contributed by atoms with E-state index in [1.807, 2.05) is 0 Å². The molecule has 1 aliphatic carbocycles. The average Bonchev–Trinajstić information content (AvgIpc) is 2.72. The Balaban J connectivity index is 1.93. The van der Waals surface area contributed by atoms with Crippen molar-refractivity contribution in [3.05, 3.63) is 63.7 Å². The minimum absolute atomic E-state index is 0.411. The van der Waals surface area contributed by atoms with Gasteiger partial charge in [0.25, 0.3) is 0 Å². The molecule has 0 unspecified atom stereocenters. The third kappa shape index (κ3) is 2.45. The number of likely N-dealkylation sites (N-methyl/N-ethyl adjacent to an activating group) is 1. The molecule has 0 spiro atoms. The lowest BCUT2D eigenvalue weighted by atomic mass is 9.74. The molecule has 1 heterocycles. The first-order valence-electron chi connectivity index (χ1n) is 8.33. The van der Waals surface area contributed by atoms with E-state index in [9.17, 15) is 0 Å². The average molecular weight is 328 g/mol. The predicted molar refractivity (Wildman–Crippen MR) is 94.7 cm³/mol. The Bertz CT molecular complexity index is 742. The number of aryl methyl sites for hydroxylation is 1. The molecule has 0 N–H and O–H groups in total. The first-order chi connectivity index (χ1) is 11.2. The molecule has 0 amide bonds. The van der Waals surface area contributed by atoms with Gasteiger partial charge in [0.1, 0.15) is 5.75 Å². The Morgan fingerprint density at radius 1 is 1.09 bits per heavy atom. The maximum Gasteiger partial charge on any atom is 0.137 e. The Kier molecular flexibility index (Phi) is 3.82. The molecule has 120 valence electrons. The number of methoxy groups -OCH3 is 1. The van der Waals surface area contributed by atoms with Crippen LogP contribution < -0.4 is 4.74 Å². The number of benzene rings is 2. The van der Waals surface area contributed by atoms with Crippen LogP contribution in [0.3, 0.4) is 0 Å². The first kappa shape index (κ1) is 15.0. The Hall–Kier alpha value is -1.51. The predicted octanol–water partition coefficient (Wildman–Crippen LogP) is 4.28. The number of hydrogen-bond donors (Lipinski definition) is 0. The zero-order chi connectivity index (χ0) is 16.0. The second-order valence-electron chi connectivity index (χ2n) is 6.70. The Labute approximate surface area is 143 Å². The number of rotatable bonds is 1. The van der Waals surface area contributed by atoms with E-state index in [-0.39, 0.29) is 0 Å². The largest absolute Gasteiger partial charge is 0.495 e. The summed E-state index contributed by atoms with van der Waals surface area (Å²) in [6.07, 6.45) is 3.40. The molecule has 2 aromatic carbocycles. The monoisotopic (exact) mass is 327 g/mol. The summed E-state index contributed by atoms with van der Waals surface area (Å²) in [6, 6.07) is 13.8. The zero-order valence-electron chi connectivity index (χ0n) is 13.7. The fourth-order valence-corrected chi connectivity index (χ4v) is 4.59. The normalized spacial score (nSPS) is 23.4. The van der Waals surface area contributed by atoms with Crippen LogP contribution in [-0.2, 0) is 12.8 Å². The molecule has 0 bridgehead atoms. The summed E-state index contributed by atoms with van der Waals surface area (Å²) in [4.78, 5) is 2.54. The van der Waals surface area contributed by atoms with E-state index in [0.29, 0.717) is 12.0 Å². The van der Waals surface area contributed by atoms with Gasteiger partial charge in [0.05, 0.1) is 12.1 Å². The molecule has 2 aromatic rings. The molecule has 23 heavy (non-hydrogen) atoms. The van der Waals surface area contributed by atoms with Crippen molar-refractivity contribution in [3.63, 3.8) is 0 Å². The van der Waals surface area contributed by atoms with Gasteiger partial charge in [-0.15, -0.1) is 0 Å². The van der Waals surface area contributed by atoms with E-state index in [1.54, 1.807) is 7.11 Å². The van der Waals surface area contributed by atoms with Crippen LogP contribution in [0.5, 0.6) is 5.75 Å². The molecular formula is C20H22ClNO. The molecular weight excluding hydrogens is 306 g/mol. The van der Waals surface area contributed by atoms with Crippen molar-refractivity contribution in [2.75, 3.05) is 20.7 Å². The van der Waals surface area contributed by atoms with Crippen molar-refractivity contribution in [2.45, 2.75) is 31.2 Å². The number of nitrogens with zero attached hydrogens (tertiary/aromatic N) is 1. The van der Waals surface area contributed by atoms with E-state index in [2.05, 4.69) is 48.3 Å². The van der Waals surface area contributed by atoms with E-state index in [1.165, 1.54) is 28.7 Å². The maximum absolute atomic E-state index is 6.36. The van der Waals surface area contributed by atoms with Gasteiger partial charge in [0, 0.05) is 18.5 Å². The number of hydrogen-bond acceptors (Lipinski definition) is 2. The van der Waals surface area contributed by atoms with Crippen LogP contribution in [0.25, 0.3) is 0 Å².